The first-order chi connectivity index (χ1) is 7.72. The number of methoxy groups -OCH3 is 1. The minimum Gasteiger partial charge on any atom is -0.465 e. The lowest BCUT2D eigenvalue weighted by Gasteiger charge is -1.98. The number of nitrogens with zero attached hydrogens (tertiary/aromatic N) is 2. The highest BCUT2D eigenvalue weighted by Crippen LogP contribution is 2.12. The van der Waals surface area contributed by atoms with Gasteiger partial charge >= 0.3 is 5.97 Å². The van der Waals surface area contributed by atoms with Crippen molar-refractivity contribution in [1.82, 2.24) is 0 Å². The minimum absolute atomic E-state index is 0.134. The van der Waals surface area contributed by atoms with Gasteiger partial charge in [0.15, 0.2) is 0 Å². The van der Waals surface area contributed by atoms with E-state index in [-0.39, 0.29) is 5.57 Å². The van der Waals surface area contributed by atoms with Crippen LogP contribution in [0.25, 0.3) is 6.08 Å². The lowest BCUT2D eigenvalue weighted by Crippen LogP contribution is -2.02. The van der Waals surface area contributed by atoms with E-state index in [9.17, 15) is 4.79 Å². The monoisotopic (exact) mass is 212 g/mol. The zero-order valence-corrected chi connectivity index (χ0v) is 8.60. The Morgan fingerprint density at radius 1 is 1.38 bits per heavy atom. The zero-order valence-electron chi connectivity index (χ0n) is 8.60. The summed E-state index contributed by atoms with van der Waals surface area (Å²) in [4.78, 5) is 11.2. The smallest absolute Gasteiger partial charge is 0.348 e. The number of ether oxygens (including phenoxy) is 1. The predicted molar refractivity (Wildman–Crippen MR) is 56.8 cm³/mol. The van der Waals surface area contributed by atoms with Gasteiger partial charge in [-0.1, -0.05) is 18.2 Å². The van der Waals surface area contributed by atoms with Crippen molar-refractivity contribution < 1.29 is 9.53 Å². The molecule has 0 atom stereocenters. The minimum atomic E-state index is -0.713. The fourth-order valence-electron chi connectivity index (χ4n) is 1.13. The molecule has 0 aliphatic carbocycles. The van der Waals surface area contributed by atoms with Gasteiger partial charge in [-0.05, 0) is 17.7 Å². The molecule has 1 aromatic rings. The molecule has 78 valence electrons. The zero-order chi connectivity index (χ0) is 12.0. The van der Waals surface area contributed by atoms with E-state index in [1.165, 1.54) is 13.2 Å². The highest BCUT2D eigenvalue weighted by molar-refractivity contribution is 5.98. The summed E-state index contributed by atoms with van der Waals surface area (Å²) >= 11 is 0. The molecule has 0 radical (unpaired) electrons. The van der Waals surface area contributed by atoms with Crippen molar-refractivity contribution in [2.24, 2.45) is 0 Å². The van der Waals surface area contributed by atoms with Crippen molar-refractivity contribution in [2.75, 3.05) is 7.11 Å². The standard InChI is InChI=1S/C12H8N2O2/c1-16-12(15)11(8-14)6-9-4-2-3-5-10(9)7-13/h2-6H,1H3/b11-6-. The van der Waals surface area contributed by atoms with Gasteiger partial charge in [-0.2, -0.15) is 10.5 Å². The Morgan fingerprint density at radius 2 is 2.06 bits per heavy atom. The van der Waals surface area contributed by atoms with Crippen LogP contribution in [0.1, 0.15) is 11.1 Å². The molecule has 1 aromatic carbocycles. The first kappa shape index (κ1) is 11.5. The van der Waals surface area contributed by atoms with E-state index >= 15 is 0 Å². The van der Waals surface area contributed by atoms with Crippen molar-refractivity contribution in [3.05, 3.63) is 41.0 Å². The number of rotatable bonds is 2. The summed E-state index contributed by atoms with van der Waals surface area (Å²) in [7, 11) is 1.20. The molecule has 0 fully saturated rings. The molecule has 0 aliphatic rings. The normalized spacial score (nSPS) is 10.1. The summed E-state index contributed by atoms with van der Waals surface area (Å²) in [5.74, 6) is -0.713. The van der Waals surface area contributed by atoms with Crippen molar-refractivity contribution in [3.63, 3.8) is 0 Å². The van der Waals surface area contributed by atoms with Crippen LogP contribution < -0.4 is 0 Å². The Bertz CT molecular complexity index is 519. The van der Waals surface area contributed by atoms with E-state index in [2.05, 4.69) is 4.74 Å². The highest BCUT2D eigenvalue weighted by atomic mass is 16.5. The lowest BCUT2D eigenvalue weighted by atomic mass is 10.1. The van der Waals surface area contributed by atoms with Crippen LogP contribution in [0.15, 0.2) is 29.8 Å². The molecule has 0 spiro atoms. The third-order valence-corrected chi connectivity index (χ3v) is 1.91. The molecule has 1 rings (SSSR count). The number of hydrogen-bond donors (Lipinski definition) is 0. The van der Waals surface area contributed by atoms with Gasteiger partial charge in [-0.25, -0.2) is 4.79 Å². The average Bonchev–Trinajstić information content (AvgIpc) is 2.35. The second-order valence-corrected chi connectivity index (χ2v) is 2.86. The predicted octanol–water partition coefficient (Wildman–Crippen LogP) is 1.64. The summed E-state index contributed by atoms with van der Waals surface area (Å²) in [5, 5.41) is 17.6. The Kier molecular flexibility index (Phi) is 3.83. The maximum Gasteiger partial charge on any atom is 0.348 e. The third-order valence-electron chi connectivity index (χ3n) is 1.91. The average molecular weight is 212 g/mol. The maximum absolute atomic E-state index is 11.2. The second kappa shape index (κ2) is 5.33. The van der Waals surface area contributed by atoms with Crippen LogP contribution in [-0.2, 0) is 9.53 Å². The van der Waals surface area contributed by atoms with Crippen molar-refractivity contribution >= 4 is 12.0 Å². The van der Waals surface area contributed by atoms with E-state index in [0.717, 1.165) is 0 Å². The second-order valence-electron chi connectivity index (χ2n) is 2.86. The molecule has 0 heterocycles. The molecule has 0 unspecified atom stereocenters. The summed E-state index contributed by atoms with van der Waals surface area (Å²) < 4.78 is 4.44. The topological polar surface area (TPSA) is 73.9 Å². The number of carbonyl (C=O) groups is 1. The third kappa shape index (κ3) is 2.46. The van der Waals surface area contributed by atoms with Crippen molar-refractivity contribution in [1.29, 1.82) is 10.5 Å². The summed E-state index contributed by atoms with van der Waals surface area (Å²) in [6.45, 7) is 0. The van der Waals surface area contributed by atoms with Gasteiger partial charge in [-0.3, -0.25) is 0 Å². The number of nitriles is 2. The van der Waals surface area contributed by atoms with Crippen molar-refractivity contribution in [3.8, 4) is 12.1 Å². The highest BCUT2D eigenvalue weighted by Gasteiger charge is 2.09. The molecule has 0 amide bonds. The summed E-state index contributed by atoms with van der Waals surface area (Å²) in [5.41, 5.74) is 0.788. The van der Waals surface area contributed by atoms with Crippen LogP contribution in [0.5, 0.6) is 0 Å². The van der Waals surface area contributed by atoms with Gasteiger partial charge in [0.2, 0.25) is 0 Å². The van der Waals surface area contributed by atoms with Gasteiger partial charge in [-0.15, -0.1) is 0 Å². The Morgan fingerprint density at radius 3 is 2.62 bits per heavy atom. The van der Waals surface area contributed by atoms with Crippen molar-refractivity contribution in [2.45, 2.75) is 0 Å². The molecule has 0 saturated heterocycles. The molecular formula is C12H8N2O2. The lowest BCUT2D eigenvalue weighted by molar-refractivity contribution is -0.135. The largest absolute Gasteiger partial charge is 0.465 e. The van der Waals surface area contributed by atoms with E-state index in [1.54, 1.807) is 30.3 Å². The molecule has 16 heavy (non-hydrogen) atoms. The Balaban J connectivity index is 3.21. The maximum atomic E-state index is 11.2. The van der Waals surface area contributed by atoms with E-state index < -0.39 is 5.97 Å². The first-order valence-electron chi connectivity index (χ1n) is 4.42. The molecule has 0 N–H and O–H groups in total. The molecule has 0 saturated carbocycles. The Labute approximate surface area is 93.0 Å². The van der Waals surface area contributed by atoms with Crippen LogP contribution in [-0.4, -0.2) is 13.1 Å². The van der Waals surface area contributed by atoms with Gasteiger partial charge in [0.25, 0.3) is 0 Å². The molecule has 4 nitrogen and oxygen atoms in total. The fraction of sp³-hybridized carbons (Fsp3) is 0.0833. The van der Waals surface area contributed by atoms with Crippen LogP contribution in [0, 0.1) is 22.7 Å². The Hall–Kier alpha value is -2.59. The quantitative estimate of drug-likeness (QED) is 0.424. The van der Waals surface area contributed by atoms with Gasteiger partial charge in [0.05, 0.1) is 18.7 Å². The fourth-order valence-corrected chi connectivity index (χ4v) is 1.13. The summed E-state index contributed by atoms with van der Waals surface area (Å²) in [6.07, 6.45) is 1.34. The number of esters is 1. The number of benzene rings is 1. The SMILES string of the molecule is COC(=O)/C(C#N)=C\c1ccccc1C#N. The van der Waals surface area contributed by atoms with Gasteiger partial charge < -0.3 is 4.74 Å². The molecule has 0 bridgehead atoms. The number of hydrogen-bond acceptors (Lipinski definition) is 4. The van der Waals surface area contributed by atoms with Crippen LogP contribution in [0.2, 0.25) is 0 Å². The van der Waals surface area contributed by atoms with Crippen LogP contribution >= 0.6 is 0 Å². The first-order valence-corrected chi connectivity index (χ1v) is 4.42. The summed E-state index contributed by atoms with van der Waals surface area (Å²) in [6, 6.07) is 10.4. The van der Waals surface area contributed by atoms with E-state index in [4.69, 9.17) is 10.5 Å². The van der Waals surface area contributed by atoms with E-state index in [1.807, 2.05) is 6.07 Å². The molecule has 0 aliphatic heterocycles. The number of carbonyl (C=O) groups excluding carboxylic acids is 1. The van der Waals surface area contributed by atoms with Crippen LogP contribution in [0.4, 0.5) is 0 Å². The van der Waals surface area contributed by atoms with E-state index in [0.29, 0.717) is 11.1 Å². The molecular weight excluding hydrogens is 204 g/mol. The van der Waals surface area contributed by atoms with Gasteiger partial charge in [0, 0.05) is 0 Å². The van der Waals surface area contributed by atoms with Gasteiger partial charge in [0.1, 0.15) is 11.6 Å². The van der Waals surface area contributed by atoms with Crippen LogP contribution in [0.3, 0.4) is 0 Å². The molecule has 0 aromatic heterocycles. The molecule has 4 heteroatoms.